The summed E-state index contributed by atoms with van der Waals surface area (Å²) in [6.45, 7) is 0. The van der Waals surface area contributed by atoms with Gasteiger partial charge >= 0.3 is 6.18 Å². The molecule has 0 radical (unpaired) electrons. The van der Waals surface area contributed by atoms with Crippen LogP contribution in [0.4, 0.5) is 19.0 Å². The normalized spacial score (nSPS) is 12.3. The molecule has 0 amide bonds. The van der Waals surface area contributed by atoms with E-state index in [0.29, 0.717) is 11.1 Å². The van der Waals surface area contributed by atoms with Crippen molar-refractivity contribution in [2.45, 2.75) is 30.1 Å². The fourth-order valence-corrected chi connectivity index (χ4v) is 2.67. The van der Waals surface area contributed by atoms with Gasteiger partial charge in [0.05, 0.1) is 5.56 Å². The molecule has 0 aliphatic rings. The first-order chi connectivity index (χ1) is 12.2. The number of hydrogen-bond donors (Lipinski definition) is 3. The van der Waals surface area contributed by atoms with Gasteiger partial charge in [-0.25, -0.2) is 4.98 Å². The Labute approximate surface area is 152 Å². The second-order valence-corrected chi connectivity index (χ2v) is 5.89. The summed E-state index contributed by atoms with van der Waals surface area (Å²) >= 11 is 4.10. The van der Waals surface area contributed by atoms with Crippen LogP contribution in [0.25, 0.3) is 11.1 Å². The van der Waals surface area contributed by atoms with E-state index in [1.807, 2.05) is 12.1 Å². The minimum absolute atomic E-state index is 0.0213. The fourth-order valence-electron chi connectivity index (χ4n) is 2.40. The quantitative estimate of drug-likeness (QED) is 0.708. The van der Waals surface area contributed by atoms with E-state index in [1.54, 1.807) is 24.3 Å². The van der Waals surface area contributed by atoms with E-state index in [4.69, 9.17) is 10.8 Å². The minimum atomic E-state index is -4.65. The summed E-state index contributed by atoms with van der Waals surface area (Å²) in [5, 5.41) is 27.8. The minimum Gasteiger partial charge on any atom is -0.384 e. The third-order valence-corrected chi connectivity index (χ3v) is 4.08. The molecule has 1 unspecified atom stereocenters. The summed E-state index contributed by atoms with van der Waals surface area (Å²) in [7, 11) is 0. The van der Waals surface area contributed by atoms with E-state index in [1.165, 1.54) is 0 Å². The summed E-state index contributed by atoms with van der Waals surface area (Å²) in [5.74, 6) is -0.0659. The number of rotatable bonds is 4. The van der Waals surface area contributed by atoms with Crippen molar-refractivity contribution in [2.75, 3.05) is 5.73 Å². The molecule has 0 spiro atoms. The highest BCUT2D eigenvalue weighted by molar-refractivity contribution is 7.80. The third kappa shape index (κ3) is 4.07. The van der Waals surface area contributed by atoms with Crippen molar-refractivity contribution in [3.63, 3.8) is 0 Å². The monoisotopic (exact) mass is 378 g/mol. The summed E-state index contributed by atoms with van der Waals surface area (Å²) in [5.41, 5.74) is 7.16. The van der Waals surface area contributed by atoms with E-state index < -0.39 is 18.7 Å². The second-order valence-electron chi connectivity index (χ2n) is 5.46. The first-order valence-corrected chi connectivity index (χ1v) is 7.80. The number of aromatic nitrogens is 1. The van der Waals surface area contributed by atoms with Gasteiger partial charge in [0.1, 0.15) is 34.6 Å². The number of halogens is 3. The van der Waals surface area contributed by atoms with Crippen LogP contribution in [-0.4, -0.2) is 22.4 Å². The molecule has 134 valence electrons. The van der Waals surface area contributed by atoms with Crippen molar-refractivity contribution in [2.24, 2.45) is 0 Å². The molecular weight excluding hydrogens is 365 g/mol. The molecule has 2 rings (SSSR count). The van der Waals surface area contributed by atoms with Crippen molar-refractivity contribution in [3.8, 4) is 23.3 Å². The lowest BCUT2D eigenvalue weighted by Gasteiger charge is -2.14. The maximum atomic E-state index is 12.3. The van der Waals surface area contributed by atoms with Crippen LogP contribution in [0.1, 0.15) is 23.1 Å². The molecule has 9 heteroatoms. The average molecular weight is 378 g/mol. The number of nitrogens with two attached hydrogens (primary N) is 1. The van der Waals surface area contributed by atoms with Crippen molar-refractivity contribution in [1.82, 2.24) is 4.98 Å². The number of nitrogens with zero attached hydrogens (tertiary/aromatic N) is 3. The molecule has 1 aromatic heterocycles. The Morgan fingerprint density at radius 1 is 1.15 bits per heavy atom. The Morgan fingerprint density at radius 3 is 2.23 bits per heavy atom. The van der Waals surface area contributed by atoms with Crippen molar-refractivity contribution < 1.29 is 18.3 Å². The maximum Gasteiger partial charge on any atom is 0.414 e. The number of aryl methyl sites for hydroxylation is 1. The zero-order chi connectivity index (χ0) is 19.5. The molecule has 0 fully saturated rings. The van der Waals surface area contributed by atoms with Gasteiger partial charge in [0, 0.05) is 5.56 Å². The molecule has 0 saturated heterocycles. The van der Waals surface area contributed by atoms with E-state index in [2.05, 4.69) is 17.6 Å². The summed E-state index contributed by atoms with van der Waals surface area (Å²) < 4.78 is 37.0. The molecule has 1 atom stereocenters. The van der Waals surface area contributed by atoms with Gasteiger partial charge in [-0.15, -0.1) is 12.6 Å². The van der Waals surface area contributed by atoms with Crippen LogP contribution in [0.2, 0.25) is 0 Å². The number of anilines is 1. The van der Waals surface area contributed by atoms with Crippen LogP contribution in [0.15, 0.2) is 29.3 Å². The number of alkyl halides is 3. The Balaban J connectivity index is 2.35. The maximum absolute atomic E-state index is 12.3. The molecule has 0 bridgehead atoms. The van der Waals surface area contributed by atoms with Crippen LogP contribution in [0.5, 0.6) is 0 Å². The van der Waals surface area contributed by atoms with E-state index in [9.17, 15) is 23.7 Å². The molecule has 26 heavy (non-hydrogen) atoms. The van der Waals surface area contributed by atoms with Crippen LogP contribution < -0.4 is 5.73 Å². The van der Waals surface area contributed by atoms with E-state index in [0.717, 1.165) is 0 Å². The van der Waals surface area contributed by atoms with Gasteiger partial charge in [-0.05, 0) is 24.0 Å². The number of nitriles is 2. The number of nitrogen functional groups attached to an aromatic ring is 1. The first-order valence-electron chi connectivity index (χ1n) is 7.35. The molecule has 5 nitrogen and oxygen atoms in total. The van der Waals surface area contributed by atoms with Gasteiger partial charge in [-0.3, -0.25) is 0 Å². The smallest absolute Gasteiger partial charge is 0.384 e. The van der Waals surface area contributed by atoms with Gasteiger partial charge in [-0.1, -0.05) is 24.3 Å². The lowest BCUT2D eigenvalue weighted by molar-refractivity contribution is -0.205. The standard InChI is InChI=1S/C17H13F3N4OS/c18-17(19,20)13(25)6-3-9-1-4-10(5-2-9)14-11(7-21)15(23)24-16(26)12(14)8-22/h1-2,4-5,13,25H,3,6H2,(H3,23,24,26). The Hall–Kier alpha value is -2.75. The van der Waals surface area contributed by atoms with Crippen molar-refractivity contribution in [3.05, 3.63) is 41.0 Å². The second kappa shape index (κ2) is 7.65. The number of aliphatic hydroxyl groups is 1. The molecule has 0 aliphatic heterocycles. The highest BCUT2D eigenvalue weighted by Crippen LogP contribution is 2.33. The SMILES string of the molecule is N#Cc1c(N)nc(S)c(C#N)c1-c1ccc(CCC(O)C(F)(F)F)cc1. The topological polar surface area (TPSA) is 107 Å². The molecule has 0 aliphatic carbocycles. The molecule has 1 aromatic carbocycles. The summed E-state index contributed by atoms with van der Waals surface area (Å²) in [6.07, 6.45) is -7.48. The fraction of sp³-hybridized carbons (Fsp3) is 0.235. The summed E-state index contributed by atoms with van der Waals surface area (Å²) in [4.78, 5) is 3.85. The van der Waals surface area contributed by atoms with Crippen LogP contribution in [0, 0.1) is 22.7 Å². The van der Waals surface area contributed by atoms with Crippen LogP contribution in [-0.2, 0) is 6.42 Å². The first kappa shape index (κ1) is 19.6. The van der Waals surface area contributed by atoms with Gasteiger partial charge in [0.2, 0.25) is 0 Å². The lowest BCUT2D eigenvalue weighted by Crippen LogP contribution is -2.28. The van der Waals surface area contributed by atoms with Crippen LogP contribution >= 0.6 is 12.6 Å². The number of benzene rings is 1. The Bertz CT molecular complexity index is 860. The van der Waals surface area contributed by atoms with Crippen molar-refractivity contribution >= 4 is 18.4 Å². The number of hydrogen-bond acceptors (Lipinski definition) is 6. The van der Waals surface area contributed by atoms with Crippen molar-refractivity contribution in [1.29, 1.82) is 10.5 Å². The molecule has 2 aromatic rings. The molecule has 1 heterocycles. The summed E-state index contributed by atoms with van der Waals surface area (Å²) in [6, 6.07) is 10.1. The van der Waals surface area contributed by atoms with Gasteiger partial charge in [-0.2, -0.15) is 23.7 Å². The number of pyridine rings is 1. The lowest BCUT2D eigenvalue weighted by atomic mass is 9.95. The predicted octanol–water partition coefficient (Wildman–Crippen LogP) is 3.22. The molecule has 3 N–H and O–H groups in total. The largest absolute Gasteiger partial charge is 0.414 e. The van der Waals surface area contributed by atoms with Gasteiger partial charge in [0.15, 0.2) is 0 Å². The van der Waals surface area contributed by atoms with Gasteiger partial charge in [0.25, 0.3) is 0 Å². The average Bonchev–Trinajstić information content (AvgIpc) is 2.58. The predicted molar refractivity (Wildman–Crippen MR) is 91.2 cm³/mol. The Kier molecular flexibility index (Phi) is 5.76. The Morgan fingerprint density at radius 2 is 1.73 bits per heavy atom. The molecular formula is C17H13F3N4OS. The zero-order valence-electron chi connectivity index (χ0n) is 13.2. The van der Waals surface area contributed by atoms with Crippen LogP contribution in [0.3, 0.4) is 0 Å². The van der Waals surface area contributed by atoms with Gasteiger partial charge < -0.3 is 10.8 Å². The van der Waals surface area contributed by atoms with E-state index in [-0.39, 0.29) is 34.0 Å². The van der Waals surface area contributed by atoms with E-state index >= 15 is 0 Å². The highest BCUT2D eigenvalue weighted by Gasteiger charge is 2.37. The third-order valence-electron chi connectivity index (χ3n) is 3.76. The number of thiol groups is 1. The molecule has 0 saturated carbocycles. The zero-order valence-corrected chi connectivity index (χ0v) is 14.1. The highest BCUT2D eigenvalue weighted by atomic mass is 32.1. The number of aliphatic hydroxyl groups excluding tert-OH is 1.